The molecule has 3 heterocycles. The summed E-state index contributed by atoms with van der Waals surface area (Å²) in [5.41, 5.74) is 9.92. The zero-order valence-corrected chi connectivity index (χ0v) is 22.8. The van der Waals surface area contributed by atoms with Gasteiger partial charge < -0.3 is 19.6 Å². The van der Waals surface area contributed by atoms with Crippen molar-refractivity contribution < 1.29 is 4.42 Å². The first-order valence-corrected chi connectivity index (χ1v) is 14.4. The number of hydrogen-bond acceptors (Lipinski definition) is 3. The molecule has 0 amide bonds. The third-order valence-corrected chi connectivity index (χ3v) is 8.71. The van der Waals surface area contributed by atoms with Crippen molar-refractivity contribution in [2.45, 2.75) is 12.1 Å². The van der Waals surface area contributed by atoms with Crippen LogP contribution in [0.1, 0.15) is 23.2 Å². The minimum absolute atomic E-state index is 0.0738. The monoisotopic (exact) mass is 541 g/mol. The lowest BCUT2D eigenvalue weighted by molar-refractivity contribution is 0.636. The van der Waals surface area contributed by atoms with Gasteiger partial charge in [0.05, 0.1) is 34.5 Å². The summed E-state index contributed by atoms with van der Waals surface area (Å²) in [6.07, 6.45) is 0. The Hall–Kier alpha value is -5.48. The molecule has 2 N–H and O–H groups in total. The van der Waals surface area contributed by atoms with Crippen molar-refractivity contribution >= 4 is 55.1 Å². The first-order chi connectivity index (χ1) is 20.8. The van der Waals surface area contributed by atoms with Gasteiger partial charge in [0, 0.05) is 33.3 Å². The van der Waals surface area contributed by atoms with E-state index in [0.29, 0.717) is 0 Å². The van der Waals surface area contributed by atoms with E-state index < -0.39 is 0 Å². The Bertz CT molecular complexity index is 2260. The molecule has 1 aliphatic heterocycles. The van der Waals surface area contributed by atoms with Gasteiger partial charge in [0.25, 0.3) is 0 Å². The Kier molecular flexibility index (Phi) is 4.99. The number of rotatable bonds is 3. The topological polar surface area (TPSA) is 42.1 Å². The van der Waals surface area contributed by atoms with Gasteiger partial charge >= 0.3 is 0 Å². The molecule has 1 aliphatic rings. The third kappa shape index (κ3) is 3.48. The van der Waals surface area contributed by atoms with Crippen LogP contribution in [0.4, 0.5) is 11.4 Å². The maximum atomic E-state index is 6.32. The van der Waals surface area contributed by atoms with Gasteiger partial charge in [-0.1, -0.05) is 97.1 Å². The van der Waals surface area contributed by atoms with Gasteiger partial charge in [-0.3, -0.25) is 0 Å². The van der Waals surface area contributed by atoms with Crippen LogP contribution in [-0.4, -0.2) is 4.57 Å². The van der Waals surface area contributed by atoms with Crippen LogP contribution in [0.3, 0.4) is 0 Å². The van der Waals surface area contributed by atoms with Gasteiger partial charge in [-0.2, -0.15) is 0 Å². The van der Waals surface area contributed by atoms with Crippen molar-refractivity contribution in [2.75, 3.05) is 10.6 Å². The Morgan fingerprint density at radius 2 is 1.10 bits per heavy atom. The summed E-state index contributed by atoms with van der Waals surface area (Å²) in [7, 11) is 0. The van der Waals surface area contributed by atoms with Crippen LogP contribution in [0.2, 0.25) is 0 Å². The third-order valence-electron chi connectivity index (χ3n) is 8.71. The second-order valence-corrected chi connectivity index (χ2v) is 11.1. The SMILES string of the molecule is c1ccc(C2Nc3ccc(-n4c5ccccc5c5cc6c(cc54)oc4ccccc46)cc3NC2c2ccccc2)cc1. The molecule has 0 fully saturated rings. The Morgan fingerprint density at radius 3 is 1.86 bits per heavy atom. The van der Waals surface area contributed by atoms with Crippen molar-refractivity contribution in [1.29, 1.82) is 0 Å². The van der Waals surface area contributed by atoms with Crippen LogP contribution in [0.15, 0.2) is 144 Å². The normalized spacial score (nSPS) is 16.5. The average molecular weight is 542 g/mol. The number of furan rings is 1. The number of hydrogen-bond donors (Lipinski definition) is 2. The van der Waals surface area contributed by atoms with Gasteiger partial charge in [-0.15, -0.1) is 0 Å². The molecular weight excluding hydrogens is 514 g/mol. The second-order valence-electron chi connectivity index (χ2n) is 11.1. The fraction of sp³-hybridized carbons (Fsp3) is 0.0526. The van der Waals surface area contributed by atoms with E-state index >= 15 is 0 Å². The van der Waals surface area contributed by atoms with Gasteiger partial charge in [-0.25, -0.2) is 0 Å². The van der Waals surface area contributed by atoms with Gasteiger partial charge in [0.1, 0.15) is 11.2 Å². The summed E-state index contributed by atoms with van der Waals surface area (Å²) in [6.45, 7) is 0. The molecule has 0 radical (unpaired) electrons. The number of fused-ring (bicyclic) bond motifs is 7. The first kappa shape index (κ1) is 23.2. The van der Waals surface area contributed by atoms with E-state index in [1.54, 1.807) is 0 Å². The molecule has 0 saturated heterocycles. The zero-order valence-electron chi connectivity index (χ0n) is 22.8. The van der Waals surface area contributed by atoms with E-state index in [0.717, 1.165) is 44.5 Å². The predicted molar refractivity (Wildman–Crippen MR) is 174 cm³/mol. The molecule has 8 aromatic rings. The maximum Gasteiger partial charge on any atom is 0.137 e. The summed E-state index contributed by atoms with van der Waals surface area (Å²) >= 11 is 0. The zero-order chi connectivity index (χ0) is 27.6. The van der Waals surface area contributed by atoms with E-state index in [1.165, 1.54) is 27.4 Å². The number of benzene rings is 6. The quantitative estimate of drug-likeness (QED) is 0.234. The molecule has 4 heteroatoms. The van der Waals surface area contributed by atoms with Gasteiger partial charge in [0.15, 0.2) is 0 Å². The van der Waals surface area contributed by atoms with Crippen LogP contribution in [0, 0.1) is 0 Å². The summed E-state index contributed by atoms with van der Waals surface area (Å²) < 4.78 is 8.68. The highest BCUT2D eigenvalue weighted by Crippen LogP contribution is 2.44. The summed E-state index contributed by atoms with van der Waals surface area (Å²) in [5.74, 6) is 0. The lowest BCUT2D eigenvalue weighted by atomic mass is 9.90. The predicted octanol–water partition coefficient (Wildman–Crippen LogP) is 10.0. The molecule has 2 atom stereocenters. The summed E-state index contributed by atoms with van der Waals surface area (Å²) in [5, 5.41) is 12.5. The molecule has 2 unspecified atom stereocenters. The molecule has 42 heavy (non-hydrogen) atoms. The molecule has 6 aromatic carbocycles. The molecule has 0 spiro atoms. The lowest BCUT2D eigenvalue weighted by Crippen LogP contribution is -2.30. The van der Waals surface area contributed by atoms with Crippen molar-refractivity contribution in [1.82, 2.24) is 4.57 Å². The highest BCUT2D eigenvalue weighted by molar-refractivity contribution is 6.17. The van der Waals surface area contributed by atoms with Gasteiger partial charge in [-0.05, 0) is 47.5 Å². The molecule has 2 aromatic heterocycles. The average Bonchev–Trinajstić information content (AvgIpc) is 3.58. The van der Waals surface area contributed by atoms with Crippen LogP contribution in [0.25, 0.3) is 49.4 Å². The maximum absolute atomic E-state index is 6.32. The van der Waals surface area contributed by atoms with Crippen molar-refractivity contribution in [3.05, 3.63) is 151 Å². The lowest BCUT2D eigenvalue weighted by Gasteiger charge is -2.37. The van der Waals surface area contributed by atoms with Crippen LogP contribution >= 0.6 is 0 Å². The minimum atomic E-state index is 0.0738. The number of anilines is 2. The van der Waals surface area contributed by atoms with Gasteiger partial charge in [0.2, 0.25) is 0 Å². The fourth-order valence-electron chi connectivity index (χ4n) is 6.76. The molecule has 4 nitrogen and oxygen atoms in total. The molecule has 9 rings (SSSR count). The van der Waals surface area contributed by atoms with Crippen LogP contribution < -0.4 is 10.6 Å². The minimum Gasteiger partial charge on any atom is -0.456 e. The van der Waals surface area contributed by atoms with E-state index in [9.17, 15) is 0 Å². The molecule has 0 bridgehead atoms. The van der Waals surface area contributed by atoms with Crippen molar-refractivity contribution in [3.8, 4) is 5.69 Å². The second kappa shape index (κ2) is 9.02. The molecular formula is C38H27N3O. The smallest absolute Gasteiger partial charge is 0.137 e. The summed E-state index contributed by atoms with van der Waals surface area (Å²) in [4.78, 5) is 0. The van der Waals surface area contributed by atoms with E-state index in [2.05, 4.69) is 143 Å². The summed E-state index contributed by atoms with van der Waals surface area (Å²) in [6, 6.07) is 49.7. The van der Waals surface area contributed by atoms with E-state index in [-0.39, 0.29) is 12.1 Å². The van der Waals surface area contributed by atoms with E-state index in [1.807, 2.05) is 12.1 Å². The standard InChI is InChI=1S/C38H27N3O/c1-3-11-24(12-4-1)37-38(25-13-5-2-6-14-25)40-32-21-26(19-20-31(32)39-37)41-33-17-9-7-15-27(33)29-22-30-28-16-8-10-18-35(28)42-36(30)23-34(29)41/h1-23,37-40H. The van der Waals surface area contributed by atoms with Crippen LogP contribution in [0.5, 0.6) is 0 Å². The number of nitrogens with one attached hydrogen (secondary N) is 2. The van der Waals surface area contributed by atoms with E-state index in [4.69, 9.17) is 4.42 Å². The fourth-order valence-corrected chi connectivity index (χ4v) is 6.76. The Labute approximate surface area is 242 Å². The number of para-hydroxylation sites is 2. The highest BCUT2D eigenvalue weighted by Gasteiger charge is 2.30. The molecule has 0 aliphatic carbocycles. The van der Waals surface area contributed by atoms with Crippen molar-refractivity contribution in [2.24, 2.45) is 0 Å². The molecule has 200 valence electrons. The Balaban J connectivity index is 1.23. The number of aromatic nitrogens is 1. The Morgan fingerprint density at radius 1 is 0.452 bits per heavy atom. The molecule has 0 saturated carbocycles. The van der Waals surface area contributed by atoms with Crippen LogP contribution in [-0.2, 0) is 0 Å². The largest absolute Gasteiger partial charge is 0.456 e. The first-order valence-electron chi connectivity index (χ1n) is 14.4. The number of nitrogens with zero attached hydrogens (tertiary/aromatic N) is 1. The highest BCUT2D eigenvalue weighted by atomic mass is 16.3. The van der Waals surface area contributed by atoms with Crippen molar-refractivity contribution in [3.63, 3.8) is 0 Å².